The fourth-order valence-corrected chi connectivity index (χ4v) is 3.28. The van der Waals surface area contributed by atoms with Crippen molar-refractivity contribution in [2.45, 2.75) is 32.9 Å². The van der Waals surface area contributed by atoms with E-state index in [-0.39, 0.29) is 28.3 Å². The molecule has 2 heterocycles. The van der Waals surface area contributed by atoms with Crippen molar-refractivity contribution < 1.29 is 22.8 Å². The summed E-state index contributed by atoms with van der Waals surface area (Å²) in [5, 5.41) is 7.38. The van der Waals surface area contributed by atoms with E-state index in [9.17, 15) is 22.8 Å². The highest BCUT2D eigenvalue weighted by atomic mass is 32.1. The Morgan fingerprint density at radius 2 is 1.84 bits per heavy atom. The van der Waals surface area contributed by atoms with E-state index in [1.165, 1.54) is 4.90 Å². The van der Waals surface area contributed by atoms with Crippen LogP contribution in [-0.2, 0) is 11.0 Å². The van der Waals surface area contributed by atoms with Crippen LogP contribution in [0.2, 0.25) is 0 Å². The molecule has 0 saturated carbocycles. The molecule has 0 radical (unpaired) electrons. The first-order valence-corrected chi connectivity index (χ1v) is 8.83. The number of carbonyl (C=O) groups excluding carboxylic acids is 2. The molecule has 0 aromatic carbocycles. The summed E-state index contributed by atoms with van der Waals surface area (Å²) in [6, 6.07) is -0.529. The standard InChI is InChI=1S/C14H20F3N5O2S/c1-3-21(4-2)10(23)9-5-7-22(8-6-9)13(24)18-12-20-19-11(25-12)14(15,16)17/h9H,3-8H2,1-2H3,(H,18,20,24). The van der Waals surface area contributed by atoms with Crippen molar-refractivity contribution in [1.82, 2.24) is 20.0 Å². The topological polar surface area (TPSA) is 78.4 Å². The Bertz CT molecular complexity index is 610. The minimum Gasteiger partial charge on any atom is -0.343 e. The Labute approximate surface area is 147 Å². The molecule has 1 fully saturated rings. The minimum atomic E-state index is -4.58. The maximum Gasteiger partial charge on any atom is 0.445 e. The van der Waals surface area contributed by atoms with E-state index in [2.05, 4.69) is 15.5 Å². The largest absolute Gasteiger partial charge is 0.445 e. The van der Waals surface area contributed by atoms with Crippen molar-refractivity contribution in [2.75, 3.05) is 31.5 Å². The van der Waals surface area contributed by atoms with Crippen LogP contribution in [0, 0.1) is 5.92 Å². The van der Waals surface area contributed by atoms with Crippen LogP contribution < -0.4 is 5.32 Å². The third-order valence-electron chi connectivity index (χ3n) is 4.09. The van der Waals surface area contributed by atoms with Crippen LogP contribution in [0.3, 0.4) is 0 Å². The Hall–Kier alpha value is -1.91. The van der Waals surface area contributed by atoms with Crippen LogP contribution >= 0.6 is 11.3 Å². The number of rotatable bonds is 4. The van der Waals surface area contributed by atoms with Crippen molar-refractivity contribution in [3.63, 3.8) is 0 Å². The van der Waals surface area contributed by atoms with Gasteiger partial charge in [-0.3, -0.25) is 10.1 Å². The van der Waals surface area contributed by atoms with Crippen molar-refractivity contribution in [3.8, 4) is 0 Å². The highest BCUT2D eigenvalue weighted by Gasteiger charge is 2.36. The molecule has 1 aromatic rings. The number of halogens is 3. The smallest absolute Gasteiger partial charge is 0.343 e. The number of hydrogen-bond donors (Lipinski definition) is 1. The number of alkyl halides is 3. The lowest BCUT2D eigenvalue weighted by Crippen LogP contribution is -2.45. The van der Waals surface area contributed by atoms with Gasteiger partial charge in [0.1, 0.15) is 0 Å². The molecular weight excluding hydrogens is 359 g/mol. The molecule has 3 amide bonds. The van der Waals surface area contributed by atoms with Crippen LogP contribution in [0.1, 0.15) is 31.7 Å². The van der Waals surface area contributed by atoms with Gasteiger partial charge in [0.25, 0.3) is 0 Å². The molecule has 1 aromatic heterocycles. The first-order valence-electron chi connectivity index (χ1n) is 8.01. The van der Waals surface area contributed by atoms with E-state index < -0.39 is 17.2 Å². The predicted molar refractivity (Wildman–Crippen MR) is 86.2 cm³/mol. The summed E-state index contributed by atoms with van der Waals surface area (Å²) in [4.78, 5) is 27.7. The molecule has 0 aliphatic carbocycles. The lowest BCUT2D eigenvalue weighted by molar-refractivity contribution is -0.138. The first-order chi connectivity index (χ1) is 11.8. The van der Waals surface area contributed by atoms with Crippen molar-refractivity contribution in [3.05, 3.63) is 5.01 Å². The van der Waals surface area contributed by atoms with E-state index in [0.717, 1.165) is 0 Å². The lowest BCUT2D eigenvalue weighted by Gasteiger charge is -2.33. The highest BCUT2D eigenvalue weighted by molar-refractivity contribution is 7.15. The first kappa shape index (κ1) is 19.4. The van der Waals surface area contributed by atoms with Crippen molar-refractivity contribution >= 4 is 28.4 Å². The zero-order chi connectivity index (χ0) is 18.6. The summed E-state index contributed by atoms with van der Waals surface area (Å²) in [5.74, 6) is -0.0358. The number of hydrogen-bond acceptors (Lipinski definition) is 5. The minimum absolute atomic E-state index is 0.0870. The van der Waals surface area contributed by atoms with E-state index in [4.69, 9.17) is 0 Å². The van der Waals surface area contributed by atoms with Crippen LogP contribution in [0.25, 0.3) is 0 Å². The van der Waals surface area contributed by atoms with Crippen LogP contribution in [0.5, 0.6) is 0 Å². The van der Waals surface area contributed by atoms with Gasteiger partial charge in [-0.15, -0.1) is 10.2 Å². The van der Waals surface area contributed by atoms with Gasteiger partial charge in [0.05, 0.1) is 0 Å². The van der Waals surface area contributed by atoms with E-state index >= 15 is 0 Å². The normalized spacial score (nSPS) is 16.0. The molecule has 1 aliphatic heterocycles. The summed E-state index contributed by atoms with van der Waals surface area (Å²) in [5.41, 5.74) is 0. The Morgan fingerprint density at radius 3 is 2.32 bits per heavy atom. The van der Waals surface area contributed by atoms with E-state index in [0.29, 0.717) is 39.0 Å². The van der Waals surface area contributed by atoms with E-state index in [1.54, 1.807) is 4.90 Å². The predicted octanol–water partition coefficient (Wildman–Crippen LogP) is 2.67. The van der Waals surface area contributed by atoms with Crippen LogP contribution in [0.15, 0.2) is 0 Å². The second-order valence-corrected chi connectivity index (χ2v) is 6.59. The monoisotopic (exact) mass is 379 g/mol. The van der Waals surface area contributed by atoms with Gasteiger partial charge in [-0.05, 0) is 26.7 Å². The maximum atomic E-state index is 12.5. The molecule has 0 bridgehead atoms. The number of amides is 3. The fourth-order valence-electron chi connectivity index (χ4n) is 2.68. The summed E-state index contributed by atoms with van der Waals surface area (Å²) >= 11 is 0.281. The molecule has 0 atom stereocenters. The average molecular weight is 379 g/mol. The molecule has 7 nitrogen and oxygen atoms in total. The molecule has 1 aliphatic rings. The van der Waals surface area contributed by atoms with Crippen LogP contribution in [0.4, 0.5) is 23.1 Å². The van der Waals surface area contributed by atoms with Gasteiger partial charge in [-0.25, -0.2) is 4.79 Å². The molecule has 25 heavy (non-hydrogen) atoms. The average Bonchev–Trinajstić information content (AvgIpc) is 3.05. The molecule has 0 unspecified atom stereocenters. The second kappa shape index (κ2) is 7.98. The summed E-state index contributed by atoms with van der Waals surface area (Å²) < 4.78 is 37.5. The summed E-state index contributed by atoms with van der Waals surface area (Å²) in [7, 11) is 0. The Balaban J connectivity index is 1.87. The molecule has 1 N–H and O–H groups in total. The zero-order valence-electron chi connectivity index (χ0n) is 14.0. The Kier molecular flexibility index (Phi) is 6.20. The second-order valence-electron chi connectivity index (χ2n) is 5.61. The quantitative estimate of drug-likeness (QED) is 0.872. The van der Waals surface area contributed by atoms with Gasteiger partial charge in [0.2, 0.25) is 16.0 Å². The number of anilines is 1. The van der Waals surface area contributed by atoms with Gasteiger partial charge in [0, 0.05) is 32.1 Å². The SMILES string of the molecule is CCN(CC)C(=O)C1CCN(C(=O)Nc2nnc(C(F)(F)F)s2)CC1. The number of nitrogens with one attached hydrogen (secondary N) is 1. The number of carbonyl (C=O) groups is 2. The number of aromatic nitrogens is 2. The number of urea groups is 1. The maximum absolute atomic E-state index is 12.5. The number of piperidine rings is 1. The fraction of sp³-hybridized carbons (Fsp3) is 0.714. The third kappa shape index (κ3) is 4.80. The third-order valence-corrected chi connectivity index (χ3v) is 4.97. The molecule has 11 heteroatoms. The van der Waals surface area contributed by atoms with Gasteiger partial charge < -0.3 is 9.80 Å². The van der Waals surface area contributed by atoms with Gasteiger partial charge in [-0.1, -0.05) is 11.3 Å². The Morgan fingerprint density at radius 1 is 1.24 bits per heavy atom. The van der Waals surface area contributed by atoms with Gasteiger partial charge in [0.15, 0.2) is 0 Å². The summed E-state index contributed by atoms with van der Waals surface area (Å²) in [6.45, 7) is 5.87. The number of nitrogens with zero attached hydrogens (tertiary/aromatic N) is 4. The molecule has 0 spiro atoms. The van der Waals surface area contributed by atoms with Crippen molar-refractivity contribution in [2.24, 2.45) is 5.92 Å². The zero-order valence-corrected chi connectivity index (χ0v) is 14.8. The van der Waals surface area contributed by atoms with Gasteiger partial charge in [-0.2, -0.15) is 13.2 Å². The van der Waals surface area contributed by atoms with Crippen LogP contribution in [-0.4, -0.2) is 58.1 Å². The lowest BCUT2D eigenvalue weighted by atomic mass is 9.95. The molecule has 2 rings (SSSR count). The molecule has 140 valence electrons. The van der Waals surface area contributed by atoms with Gasteiger partial charge >= 0.3 is 12.2 Å². The highest BCUT2D eigenvalue weighted by Crippen LogP contribution is 2.33. The molecular formula is C14H20F3N5O2S. The molecule has 1 saturated heterocycles. The van der Waals surface area contributed by atoms with E-state index in [1.807, 2.05) is 13.8 Å². The summed E-state index contributed by atoms with van der Waals surface area (Å²) in [6.07, 6.45) is -3.51. The van der Waals surface area contributed by atoms with Crippen molar-refractivity contribution in [1.29, 1.82) is 0 Å². The number of likely N-dealkylation sites (tertiary alicyclic amines) is 1.